The van der Waals surface area contributed by atoms with Gasteiger partial charge in [0.1, 0.15) is 10.3 Å². The Labute approximate surface area is 112 Å². The Morgan fingerprint density at radius 2 is 1.59 bits per heavy atom. The highest BCUT2D eigenvalue weighted by Gasteiger charge is 2.23. The summed E-state index contributed by atoms with van der Waals surface area (Å²) >= 11 is 12.2. The highest BCUT2D eigenvalue weighted by atomic mass is 35.5. The van der Waals surface area contributed by atoms with Crippen LogP contribution in [0.2, 0.25) is 10.3 Å². The molecule has 0 spiro atoms. The summed E-state index contributed by atoms with van der Waals surface area (Å²) in [5, 5.41) is 0.701. The molecule has 17 heavy (non-hydrogen) atoms. The van der Waals surface area contributed by atoms with Gasteiger partial charge in [-0.2, -0.15) is 9.97 Å². The number of rotatable bonds is 2. The van der Waals surface area contributed by atoms with Crippen molar-refractivity contribution in [2.45, 2.75) is 26.2 Å². The molecule has 0 bridgehead atoms. The maximum atomic E-state index is 6.11. The number of aliphatic imine (C=N–C) groups is 1. The van der Waals surface area contributed by atoms with E-state index in [2.05, 4.69) is 15.0 Å². The number of hydrogen-bond donors (Lipinski definition) is 0. The molecule has 1 aromatic heterocycles. The van der Waals surface area contributed by atoms with Crippen molar-refractivity contribution >= 4 is 35.5 Å². The molecule has 0 saturated carbocycles. The van der Waals surface area contributed by atoms with Gasteiger partial charge in [-0.05, 0) is 5.41 Å². The first-order valence-electron chi connectivity index (χ1n) is 5.16. The Bertz CT molecular complexity index is 413. The fourth-order valence-corrected chi connectivity index (χ4v) is 2.19. The van der Waals surface area contributed by atoms with Crippen LogP contribution in [0.4, 0.5) is 5.95 Å². The van der Waals surface area contributed by atoms with Gasteiger partial charge in [0.25, 0.3) is 5.95 Å². The van der Waals surface area contributed by atoms with Gasteiger partial charge in [0.15, 0.2) is 0 Å². The quantitative estimate of drug-likeness (QED) is 0.472. The maximum absolute atomic E-state index is 6.11. The normalized spacial score (nSPS) is 12.2. The van der Waals surface area contributed by atoms with E-state index in [4.69, 9.17) is 23.2 Å². The lowest BCUT2D eigenvalue weighted by atomic mass is 9.89. The van der Waals surface area contributed by atoms with Crippen molar-refractivity contribution in [3.8, 4) is 0 Å². The number of aromatic nitrogens is 2. The highest BCUT2D eigenvalue weighted by molar-refractivity contribution is 6.34. The molecule has 0 aliphatic carbocycles. The first-order valence-corrected chi connectivity index (χ1v) is 5.91. The van der Waals surface area contributed by atoms with Crippen molar-refractivity contribution in [3.05, 3.63) is 15.9 Å². The average Bonchev–Trinajstić information content (AvgIpc) is 2.11. The van der Waals surface area contributed by atoms with Crippen LogP contribution < -0.4 is 0 Å². The average molecular weight is 275 g/mol. The van der Waals surface area contributed by atoms with E-state index in [9.17, 15) is 0 Å². The summed E-state index contributed by atoms with van der Waals surface area (Å²) in [6, 6.07) is 0. The molecule has 94 valence electrons. The van der Waals surface area contributed by atoms with Gasteiger partial charge in [0.2, 0.25) is 0 Å². The number of halogens is 2. The summed E-state index contributed by atoms with van der Waals surface area (Å²) in [5.41, 5.74) is 0.544. The van der Waals surface area contributed by atoms with Crippen LogP contribution in [0.5, 0.6) is 0 Å². The minimum atomic E-state index is -0.196. The monoisotopic (exact) mass is 274 g/mol. The van der Waals surface area contributed by atoms with Crippen LogP contribution in [0.3, 0.4) is 0 Å². The molecule has 0 radical (unpaired) electrons. The second kappa shape index (κ2) is 5.19. The van der Waals surface area contributed by atoms with E-state index in [-0.39, 0.29) is 11.4 Å². The van der Waals surface area contributed by atoms with Crippen LogP contribution in [0.1, 0.15) is 26.3 Å². The largest absolute Gasteiger partial charge is 0.369 e. The summed E-state index contributed by atoms with van der Waals surface area (Å²) in [7, 11) is 3.71. The lowest BCUT2D eigenvalue weighted by Gasteiger charge is -2.20. The van der Waals surface area contributed by atoms with Gasteiger partial charge in [0.05, 0.1) is 6.34 Å². The summed E-state index contributed by atoms with van der Waals surface area (Å²) in [5.74, 6) is 0.265. The summed E-state index contributed by atoms with van der Waals surface area (Å²) in [4.78, 5) is 14.1. The molecule has 0 aliphatic heterocycles. The zero-order chi connectivity index (χ0) is 13.2. The summed E-state index contributed by atoms with van der Waals surface area (Å²) in [6.07, 6.45) is 1.60. The summed E-state index contributed by atoms with van der Waals surface area (Å²) < 4.78 is 0. The molecule has 0 unspecified atom stereocenters. The molecule has 0 saturated heterocycles. The fraction of sp³-hybridized carbons (Fsp3) is 0.545. The lowest BCUT2D eigenvalue weighted by Crippen LogP contribution is -2.14. The summed E-state index contributed by atoms with van der Waals surface area (Å²) in [6.45, 7) is 6.02. The molecule has 0 N–H and O–H groups in total. The third-order valence-corrected chi connectivity index (χ3v) is 2.51. The van der Waals surface area contributed by atoms with Crippen LogP contribution in [-0.4, -0.2) is 35.3 Å². The van der Waals surface area contributed by atoms with Crippen molar-refractivity contribution in [3.63, 3.8) is 0 Å². The van der Waals surface area contributed by atoms with Gasteiger partial charge >= 0.3 is 0 Å². The molecule has 0 fully saturated rings. The highest BCUT2D eigenvalue weighted by Crippen LogP contribution is 2.34. The standard InChI is InChI=1S/C11H16Cl2N4/c1-11(2,3)7-8(12)15-10(16-9(7)13)14-6-17(4)5/h6H,1-5H3/b14-6+. The van der Waals surface area contributed by atoms with Crippen LogP contribution in [0.15, 0.2) is 4.99 Å². The molecule has 1 aromatic rings. The van der Waals surface area contributed by atoms with Gasteiger partial charge < -0.3 is 4.90 Å². The predicted molar refractivity (Wildman–Crippen MR) is 72.6 cm³/mol. The second-order valence-electron chi connectivity index (χ2n) is 4.94. The van der Waals surface area contributed by atoms with Gasteiger partial charge in [-0.1, -0.05) is 44.0 Å². The Balaban J connectivity index is 3.19. The van der Waals surface area contributed by atoms with E-state index >= 15 is 0 Å². The minimum Gasteiger partial charge on any atom is -0.369 e. The zero-order valence-corrected chi connectivity index (χ0v) is 12.1. The SMILES string of the molecule is CN(C)/C=N/c1nc(Cl)c(C(C)(C)C)c(Cl)n1. The molecule has 0 amide bonds. The topological polar surface area (TPSA) is 41.4 Å². The van der Waals surface area contributed by atoms with Gasteiger partial charge in [-0.25, -0.2) is 4.99 Å². The van der Waals surface area contributed by atoms with Crippen LogP contribution >= 0.6 is 23.2 Å². The van der Waals surface area contributed by atoms with Gasteiger partial charge in [-0.15, -0.1) is 0 Å². The predicted octanol–water partition coefficient (Wildman–Crippen LogP) is 3.30. The molecular formula is C11H16Cl2N4. The molecule has 0 aromatic carbocycles. The molecule has 4 nitrogen and oxygen atoms in total. The maximum Gasteiger partial charge on any atom is 0.253 e. The van der Waals surface area contributed by atoms with Crippen molar-refractivity contribution in [1.29, 1.82) is 0 Å². The van der Waals surface area contributed by atoms with Crippen LogP contribution in [0.25, 0.3) is 0 Å². The van der Waals surface area contributed by atoms with E-state index in [1.807, 2.05) is 34.9 Å². The second-order valence-corrected chi connectivity index (χ2v) is 5.65. The first-order chi connectivity index (χ1) is 7.71. The Morgan fingerprint density at radius 3 is 1.94 bits per heavy atom. The third-order valence-electron chi connectivity index (χ3n) is 1.96. The number of hydrogen-bond acceptors (Lipinski definition) is 3. The Hall–Kier alpha value is -0.870. The van der Waals surface area contributed by atoms with Crippen LogP contribution in [-0.2, 0) is 5.41 Å². The molecule has 1 rings (SSSR count). The Morgan fingerprint density at radius 1 is 1.12 bits per heavy atom. The first kappa shape index (κ1) is 14.2. The van der Waals surface area contributed by atoms with E-state index < -0.39 is 0 Å². The zero-order valence-electron chi connectivity index (χ0n) is 10.6. The van der Waals surface area contributed by atoms with E-state index in [1.165, 1.54) is 0 Å². The van der Waals surface area contributed by atoms with Crippen molar-refractivity contribution in [1.82, 2.24) is 14.9 Å². The molecule has 1 heterocycles. The lowest BCUT2D eigenvalue weighted by molar-refractivity contribution is 0.584. The third kappa shape index (κ3) is 3.82. The molecule has 0 atom stereocenters. The van der Waals surface area contributed by atoms with Gasteiger partial charge in [-0.3, -0.25) is 0 Å². The molecule has 6 heteroatoms. The molecule has 0 aliphatic rings. The fourth-order valence-electron chi connectivity index (χ4n) is 1.24. The Kier molecular flexibility index (Phi) is 4.33. The van der Waals surface area contributed by atoms with Gasteiger partial charge in [0, 0.05) is 19.7 Å². The van der Waals surface area contributed by atoms with E-state index in [0.717, 1.165) is 5.56 Å². The van der Waals surface area contributed by atoms with Crippen LogP contribution in [0, 0.1) is 0 Å². The van der Waals surface area contributed by atoms with E-state index in [1.54, 1.807) is 11.2 Å². The van der Waals surface area contributed by atoms with Crippen molar-refractivity contribution < 1.29 is 0 Å². The van der Waals surface area contributed by atoms with Crippen molar-refractivity contribution in [2.24, 2.45) is 4.99 Å². The molecular weight excluding hydrogens is 259 g/mol. The smallest absolute Gasteiger partial charge is 0.253 e. The number of nitrogens with zero attached hydrogens (tertiary/aromatic N) is 4. The minimum absolute atomic E-state index is 0.196. The van der Waals surface area contributed by atoms with E-state index in [0.29, 0.717) is 10.3 Å². The van der Waals surface area contributed by atoms with Crippen molar-refractivity contribution in [2.75, 3.05) is 14.1 Å².